The lowest BCUT2D eigenvalue weighted by Gasteiger charge is -2.09. The smallest absolute Gasteiger partial charge is 0.249 e. The average Bonchev–Trinajstić information content (AvgIpc) is 2.95. The lowest BCUT2D eigenvalue weighted by atomic mass is 10.1. The Labute approximate surface area is 154 Å². The van der Waals surface area contributed by atoms with Gasteiger partial charge < -0.3 is 16.0 Å². The quantitative estimate of drug-likeness (QED) is 0.586. The molecule has 0 saturated carbocycles. The molecule has 3 aromatic carbocycles. The number of halogens is 1. The number of nitrogens with two attached hydrogens (primary N) is 2. The van der Waals surface area contributed by atoms with E-state index < -0.39 is 17.6 Å². The Morgan fingerprint density at radius 2 is 1.78 bits per heavy atom. The van der Waals surface area contributed by atoms with Crippen LogP contribution < -0.4 is 11.5 Å². The van der Waals surface area contributed by atoms with E-state index in [9.17, 15) is 14.0 Å². The number of fused-ring (bicyclic) bond motifs is 3. The SMILES string of the molecule is NC(=O)c1cccc(Cn2c3cc(F)c[c]c3c3c(C(N)=O)cccc32)c1. The van der Waals surface area contributed by atoms with Crippen molar-refractivity contribution in [2.45, 2.75) is 6.54 Å². The van der Waals surface area contributed by atoms with Crippen LogP contribution in [0.4, 0.5) is 4.39 Å². The molecule has 1 aromatic heterocycles. The van der Waals surface area contributed by atoms with Crippen molar-refractivity contribution in [1.29, 1.82) is 0 Å². The lowest BCUT2D eigenvalue weighted by molar-refractivity contribution is 0.0992. The summed E-state index contributed by atoms with van der Waals surface area (Å²) in [4.78, 5) is 23.3. The van der Waals surface area contributed by atoms with Gasteiger partial charge in [0.25, 0.3) is 0 Å². The van der Waals surface area contributed by atoms with Crippen LogP contribution in [0.15, 0.2) is 54.6 Å². The van der Waals surface area contributed by atoms with E-state index in [4.69, 9.17) is 11.5 Å². The molecule has 0 atom stereocenters. The molecule has 1 heterocycles. The minimum absolute atomic E-state index is 0.352. The number of aromatic nitrogens is 1. The van der Waals surface area contributed by atoms with Crippen molar-refractivity contribution >= 4 is 33.6 Å². The average molecular weight is 360 g/mol. The van der Waals surface area contributed by atoms with Gasteiger partial charge in [-0.25, -0.2) is 4.39 Å². The highest BCUT2D eigenvalue weighted by Crippen LogP contribution is 2.32. The van der Waals surface area contributed by atoms with Crippen molar-refractivity contribution in [1.82, 2.24) is 4.57 Å². The van der Waals surface area contributed by atoms with Crippen LogP contribution in [-0.4, -0.2) is 16.4 Å². The molecule has 0 aliphatic heterocycles. The summed E-state index contributed by atoms with van der Waals surface area (Å²) in [7, 11) is 0. The molecule has 0 spiro atoms. The van der Waals surface area contributed by atoms with Crippen LogP contribution in [0, 0.1) is 11.9 Å². The number of nitrogens with zero attached hydrogens (tertiary/aromatic N) is 1. The van der Waals surface area contributed by atoms with Crippen LogP contribution in [0.3, 0.4) is 0 Å². The molecule has 5 nitrogen and oxygen atoms in total. The van der Waals surface area contributed by atoms with E-state index in [1.165, 1.54) is 12.1 Å². The summed E-state index contributed by atoms with van der Waals surface area (Å²) in [6, 6.07) is 17.7. The first-order valence-corrected chi connectivity index (χ1v) is 8.26. The number of rotatable bonds is 4. The normalized spacial score (nSPS) is 11.1. The fourth-order valence-electron chi connectivity index (χ4n) is 3.41. The molecule has 27 heavy (non-hydrogen) atoms. The summed E-state index contributed by atoms with van der Waals surface area (Å²) >= 11 is 0. The maximum atomic E-state index is 13.9. The summed E-state index contributed by atoms with van der Waals surface area (Å²) < 4.78 is 15.8. The number of primary amides is 2. The fourth-order valence-corrected chi connectivity index (χ4v) is 3.41. The standard InChI is InChI=1S/C21H15FN3O2/c22-14-7-8-15-18(10-14)25(11-12-3-1-4-13(9-12)20(23)26)17-6-2-5-16(19(15)17)21(24)27/h1-7,9-10H,11H2,(H2,23,26)(H2,24,27). The van der Waals surface area contributed by atoms with Gasteiger partial charge in [-0.1, -0.05) is 18.2 Å². The lowest BCUT2D eigenvalue weighted by Crippen LogP contribution is -2.12. The van der Waals surface area contributed by atoms with Crippen molar-refractivity contribution < 1.29 is 14.0 Å². The van der Waals surface area contributed by atoms with E-state index >= 15 is 0 Å². The highest BCUT2D eigenvalue weighted by Gasteiger charge is 2.17. The maximum absolute atomic E-state index is 13.9. The van der Waals surface area contributed by atoms with Crippen LogP contribution >= 0.6 is 0 Å². The van der Waals surface area contributed by atoms with Crippen LogP contribution in [0.25, 0.3) is 21.8 Å². The molecule has 2 amide bonds. The fraction of sp³-hybridized carbons (Fsp3) is 0.0476. The highest BCUT2D eigenvalue weighted by atomic mass is 19.1. The third-order valence-electron chi connectivity index (χ3n) is 4.58. The molecule has 6 heteroatoms. The van der Waals surface area contributed by atoms with Crippen molar-refractivity contribution in [3.63, 3.8) is 0 Å². The first kappa shape index (κ1) is 16.8. The predicted octanol–water partition coefficient (Wildman–Crippen LogP) is 2.98. The Kier molecular flexibility index (Phi) is 3.88. The monoisotopic (exact) mass is 360 g/mol. The van der Waals surface area contributed by atoms with E-state index in [2.05, 4.69) is 6.07 Å². The van der Waals surface area contributed by atoms with Gasteiger partial charge in [0.15, 0.2) is 0 Å². The molecule has 0 aliphatic rings. The second-order valence-electron chi connectivity index (χ2n) is 6.29. The molecule has 4 N–H and O–H groups in total. The number of carbonyl (C=O) groups excluding carboxylic acids is 2. The molecule has 0 aliphatic carbocycles. The Morgan fingerprint density at radius 1 is 1.00 bits per heavy atom. The number of carbonyl (C=O) groups is 2. The molecule has 0 fully saturated rings. The number of hydrogen-bond donors (Lipinski definition) is 2. The van der Waals surface area contributed by atoms with E-state index in [0.29, 0.717) is 34.0 Å². The minimum atomic E-state index is -0.562. The first-order valence-electron chi connectivity index (χ1n) is 8.26. The minimum Gasteiger partial charge on any atom is -0.366 e. The molecule has 1 radical (unpaired) electrons. The number of amides is 2. The van der Waals surface area contributed by atoms with Gasteiger partial charge >= 0.3 is 0 Å². The highest BCUT2D eigenvalue weighted by molar-refractivity contribution is 6.17. The third kappa shape index (κ3) is 2.81. The summed E-state index contributed by atoms with van der Waals surface area (Å²) in [6.45, 7) is 0.362. The Hall–Kier alpha value is -3.67. The van der Waals surface area contributed by atoms with Gasteiger partial charge in [-0.05, 0) is 48.0 Å². The molecule has 4 rings (SSSR count). The molecule has 4 aromatic rings. The maximum Gasteiger partial charge on any atom is 0.249 e. The van der Waals surface area contributed by atoms with Gasteiger partial charge in [-0.2, -0.15) is 0 Å². The summed E-state index contributed by atoms with van der Waals surface area (Å²) in [5.74, 6) is -1.51. The molecule has 0 bridgehead atoms. The molecular weight excluding hydrogens is 345 g/mol. The topological polar surface area (TPSA) is 91.1 Å². The van der Waals surface area contributed by atoms with Crippen molar-refractivity contribution in [3.8, 4) is 0 Å². The summed E-state index contributed by atoms with van der Waals surface area (Å²) in [5, 5.41) is 1.25. The third-order valence-corrected chi connectivity index (χ3v) is 4.58. The van der Waals surface area contributed by atoms with Crippen molar-refractivity contribution in [3.05, 3.63) is 83.2 Å². The van der Waals surface area contributed by atoms with Gasteiger partial charge in [0.1, 0.15) is 5.82 Å². The van der Waals surface area contributed by atoms with Gasteiger partial charge in [0, 0.05) is 28.4 Å². The van der Waals surface area contributed by atoms with Crippen LogP contribution in [0.2, 0.25) is 0 Å². The number of benzene rings is 3. The zero-order valence-electron chi connectivity index (χ0n) is 14.2. The van der Waals surface area contributed by atoms with Crippen molar-refractivity contribution in [2.75, 3.05) is 0 Å². The second kappa shape index (κ2) is 6.25. The van der Waals surface area contributed by atoms with Gasteiger partial charge in [0.05, 0.1) is 11.0 Å². The van der Waals surface area contributed by atoms with Crippen molar-refractivity contribution in [2.24, 2.45) is 11.5 Å². The van der Waals surface area contributed by atoms with Gasteiger partial charge in [0.2, 0.25) is 11.8 Å². The Morgan fingerprint density at radius 3 is 2.52 bits per heavy atom. The zero-order valence-corrected chi connectivity index (χ0v) is 14.2. The first-order chi connectivity index (χ1) is 13.0. The predicted molar refractivity (Wildman–Crippen MR) is 101 cm³/mol. The largest absolute Gasteiger partial charge is 0.366 e. The second-order valence-corrected chi connectivity index (χ2v) is 6.29. The summed E-state index contributed by atoms with van der Waals surface area (Å²) in [6.07, 6.45) is 0. The van der Waals surface area contributed by atoms with Gasteiger partial charge in [-0.15, -0.1) is 0 Å². The van der Waals surface area contributed by atoms with E-state index in [-0.39, 0.29) is 0 Å². The molecule has 0 saturated heterocycles. The van der Waals surface area contributed by atoms with Crippen LogP contribution in [0.1, 0.15) is 26.3 Å². The Bertz CT molecular complexity index is 1230. The van der Waals surface area contributed by atoms with Gasteiger partial charge in [-0.3, -0.25) is 9.59 Å². The molecule has 0 unspecified atom stereocenters. The summed E-state index contributed by atoms with van der Waals surface area (Å²) in [5.41, 5.74) is 13.8. The Balaban J connectivity index is 2.00. The van der Waals surface area contributed by atoms with E-state index in [0.717, 1.165) is 11.1 Å². The zero-order chi connectivity index (χ0) is 19.1. The molecule has 133 valence electrons. The number of hydrogen-bond acceptors (Lipinski definition) is 2. The van der Waals surface area contributed by atoms with Crippen LogP contribution in [-0.2, 0) is 6.54 Å². The van der Waals surface area contributed by atoms with E-state index in [1.54, 1.807) is 30.3 Å². The van der Waals surface area contributed by atoms with Crippen LogP contribution in [0.5, 0.6) is 0 Å². The van der Waals surface area contributed by atoms with E-state index in [1.807, 2.05) is 16.7 Å². The molecular formula is C21H15FN3O2.